The van der Waals surface area contributed by atoms with E-state index in [1.54, 1.807) is 18.2 Å². The van der Waals surface area contributed by atoms with Gasteiger partial charge in [0, 0.05) is 6.61 Å². The highest BCUT2D eigenvalue weighted by atomic mass is 16.5. The van der Waals surface area contributed by atoms with Crippen LogP contribution in [0.5, 0.6) is 23.0 Å². The summed E-state index contributed by atoms with van der Waals surface area (Å²) in [5.74, 6) is -0.0555. The Labute approximate surface area is 145 Å². The van der Waals surface area contributed by atoms with Crippen LogP contribution >= 0.6 is 0 Å². The van der Waals surface area contributed by atoms with Gasteiger partial charge in [-0.3, -0.25) is 4.79 Å². The average molecular weight is 350 g/mol. The first-order valence-corrected chi connectivity index (χ1v) is 7.45. The molecule has 2 aromatic rings. The van der Waals surface area contributed by atoms with Crippen LogP contribution in [0, 0.1) is 0 Å². The molecule has 0 heterocycles. The van der Waals surface area contributed by atoms with Gasteiger partial charge in [-0.1, -0.05) is 12.1 Å². The van der Waals surface area contributed by atoms with Crippen LogP contribution in [0.2, 0.25) is 0 Å². The molecule has 0 amide bonds. The van der Waals surface area contributed by atoms with Gasteiger partial charge in [0.2, 0.25) is 0 Å². The minimum atomic E-state index is -0.926. The van der Waals surface area contributed by atoms with Crippen LogP contribution in [-0.4, -0.2) is 47.2 Å². The van der Waals surface area contributed by atoms with Crippen LogP contribution in [-0.2, 0) is 17.6 Å². The monoisotopic (exact) mass is 350 g/mol. The largest absolute Gasteiger partial charge is 0.504 e. The van der Waals surface area contributed by atoms with E-state index in [2.05, 4.69) is 0 Å². The third kappa shape index (κ3) is 6.60. The summed E-state index contributed by atoms with van der Waals surface area (Å²) in [6, 6.07) is 9.61. The lowest BCUT2D eigenvalue weighted by Crippen LogP contribution is -1.99. The maximum atomic E-state index is 10.3. The Hall–Kier alpha value is -2.93. The van der Waals surface area contributed by atoms with Gasteiger partial charge < -0.3 is 29.9 Å². The van der Waals surface area contributed by atoms with Gasteiger partial charge in [-0.05, 0) is 41.8 Å². The number of carboxylic acids is 1. The fourth-order valence-corrected chi connectivity index (χ4v) is 2.04. The van der Waals surface area contributed by atoms with Crippen LogP contribution in [0.15, 0.2) is 36.4 Å². The molecule has 7 heteroatoms. The molecule has 136 valence electrons. The second kappa shape index (κ2) is 10.0. The molecule has 0 saturated heterocycles. The molecular weight excluding hydrogens is 328 g/mol. The molecule has 0 spiro atoms. The van der Waals surface area contributed by atoms with E-state index in [-0.39, 0.29) is 24.5 Å². The molecule has 0 fully saturated rings. The Morgan fingerprint density at radius 3 is 1.80 bits per heavy atom. The molecule has 0 bridgehead atoms. The van der Waals surface area contributed by atoms with Gasteiger partial charge in [0.15, 0.2) is 23.0 Å². The van der Waals surface area contributed by atoms with Crippen molar-refractivity contribution in [1.82, 2.24) is 0 Å². The number of methoxy groups -OCH3 is 2. The summed E-state index contributed by atoms with van der Waals surface area (Å²) < 4.78 is 9.67. The molecule has 0 saturated carbocycles. The number of aliphatic hydroxyl groups is 1. The van der Waals surface area contributed by atoms with Gasteiger partial charge in [0.05, 0.1) is 20.6 Å². The van der Waals surface area contributed by atoms with Gasteiger partial charge in [-0.15, -0.1) is 0 Å². The highest BCUT2D eigenvalue weighted by molar-refractivity contribution is 5.70. The molecule has 7 nitrogen and oxygen atoms in total. The Balaban J connectivity index is 0.000000251. The molecule has 0 atom stereocenters. The predicted octanol–water partition coefficient (Wildman–Crippen LogP) is 1.96. The summed E-state index contributed by atoms with van der Waals surface area (Å²) in [6.45, 7) is 0.0891. The number of phenols is 2. The van der Waals surface area contributed by atoms with E-state index in [4.69, 9.17) is 19.7 Å². The van der Waals surface area contributed by atoms with Crippen LogP contribution in [0.4, 0.5) is 0 Å². The summed E-state index contributed by atoms with van der Waals surface area (Å²) in [7, 11) is 2.94. The minimum absolute atomic E-state index is 0.0405. The second-order valence-electron chi connectivity index (χ2n) is 5.06. The molecule has 0 aliphatic heterocycles. The van der Waals surface area contributed by atoms with Crippen LogP contribution in [0.3, 0.4) is 0 Å². The number of benzene rings is 2. The Morgan fingerprint density at radius 2 is 1.40 bits per heavy atom. The van der Waals surface area contributed by atoms with E-state index < -0.39 is 5.97 Å². The van der Waals surface area contributed by atoms with E-state index in [9.17, 15) is 15.0 Å². The number of rotatable bonds is 6. The first kappa shape index (κ1) is 20.1. The zero-order valence-electron chi connectivity index (χ0n) is 14.1. The summed E-state index contributed by atoms with van der Waals surface area (Å²) in [4.78, 5) is 10.3. The van der Waals surface area contributed by atoms with Gasteiger partial charge >= 0.3 is 5.97 Å². The molecule has 0 radical (unpaired) electrons. The number of ether oxygens (including phenoxy) is 2. The van der Waals surface area contributed by atoms with Crippen molar-refractivity contribution in [2.45, 2.75) is 12.8 Å². The molecule has 0 unspecified atom stereocenters. The highest BCUT2D eigenvalue weighted by Gasteiger charge is 2.05. The highest BCUT2D eigenvalue weighted by Crippen LogP contribution is 2.27. The van der Waals surface area contributed by atoms with Gasteiger partial charge in [0.1, 0.15) is 0 Å². The van der Waals surface area contributed by atoms with Crippen molar-refractivity contribution in [2.24, 2.45) is 0 Å². The quantitative estimate of drug-likeness (QED) is 0.629. The normalized spacial score (nSPS) is 9.72. The Bertz CT molecular complexity index is 698. The van der Waals surface area contributed by atoms with Crippen molar-refractivity contribution >= 4 is 5.97 Å². The summed E-state index contributed by atoms with van der Waals surface area (Å²) in [6.07, 6.45) is 0.453. The number of aliphatic carboxylic acids is 1. The molecule has 4 N–H and O–H groups in total. The molecule has 0 aliphatic carbocycles. The van der Waals surface area contributed by atoms with Crippen molar-refractivity contribution < 1.29 is 34.7 Å². The van der Waals surface area contributed by atoms with E-state index >= 15 is 0 Å². The van der Waals surface area contributed by atoms with Crippen LogP contribution < -0.4 is 9.47 Å². The third-order valence-electron chi connectivity index (χ3n) is 3.24. The minimum Gasteiger partial charge on any atom is -0.504 e. The summed E-state index contributed by atoms with van der Waals surface area (Å²) in [5.41, 5.74) is 1.45. The lowest BCUT2D eigenvalue weighted by atomic mass is 10.1. The lowest BCUT2D eigenvalue weighted by Gasteiger charge is -2.04. The van der Waals surface area contributed by atoms with Crippen molar-refractivity contribution in [3.8, 4) is 23.0 Å². The van der Waals surface area contributed by atoms with Crippen molar-refractivity contribution in [3.05, 3.63) is 47.5 Å². The first-order valence-electron chi connectivity index (χ1n) is 7.45. The van der Waals surface area contributed by atoms with Crippen molar-refractivity contribution in [1.29, 1.82) is 0 Å². The smallest absolute Gasteiger partial charge is 0.307 e. The topological polar surface area (TPSA) is 116 Å². The molecule has 25 heavy (non-hydrogen) atoms. The van der Waals surface area contributed by atoms with Gasteiger partial charge in [0.25, 0.3) is 0 Å². The summed E-state index contributed by atoms with van der Waals surface area (Å²) >= 11 is 0. The first-order chi connectivity index (χ1) is 11.9. The van der Waals surface area contributed by atoms with Crippen molar-refractivity contribution in [2.75, 3.05) is 20.8 Å². The number of carboxylic acid groups (broad SMARTS) is 1. The van der Waals surface area contributed by atoms with E-state index in [0.29, 0.717) is 23.5 Å². The Morgan fingerprint density at radius 1 is 0.920 bits per heavy atom. The molecule has 0 aromatic heterocycles. The molecule has 2 aromatic carbocycles. The number of aliphatic hydroxyl groups excluding tert-OH is 1. The maximum Gasteiger partial charge on any atom is 0.307 e. The predicted molar refractivity (Wildman–Crippen MR) is 91.4 cm³/mol. The van der Waals surface area contributed by atoms with E-state index in [1.165, 1.54) is 26.4 Å². The summed E-state index contributed by atoms with van der Waals surface area (Å²) in [5, 5.41) is 35.7. The second-order valence-corrected chi connectivity index (χ2v) is 5.06. The van der Waals surface area contributed by atoms with E-state index in [1.807, 2.05) is 6.07 Å². The molecule has 2 rings (SSSR count). The van der Waals surface area contributed by atoms with Gasteiger partial charge in [-0.25, -0.2) is 0 Å². The maximum absolute atomic E-state index is 10.3. The number of aromatic hydroxyl groups is 2. The number of hydrogen-bond acceptors (Lipinski definition) is 6. The fourth-order valence-electron chi connectivity index (χ4n) is 2.04. The fraction of sp³-hybridized carbons (Fsp3) is 0.278. The number of phenolic OH excluding ortho intramolecular Hbond substituents is 2. The SMILES string of the molecule is COc1ccc(CC(=O)O)cc1O.COc1ccc(CCO)cc1O. The van der Waals surface area contributed by atoms with Crippen LogP contribution in [0.25, 0.3) is 0 Å². The number of carbonyl (C=O) groups is 1. The zero-order chi connectivity index (χ0) is 18.8. The molecule has 0 aliphatic rings. The lowest BCUT2D eigenvalue weighted by molar-refractivity contribution is -0.136. The third-order valence-corrected chi connectivity index (χ3v) is 3.24. The Kier molecular flexibility index (Phi) is 8.08. The number of hydrogen-bond donors (Lipinski definition) is 4. The van der Waals surface area contributed by atoms with Gasteiger partial charge in [-0.2, -0.15) is 0 Å². The average Bonchev–Trinajstić information content (AvgIpc) is 2.55. The molecular formula is C18H22O7. The van der Waals surface area contributed by atoms with E-state index in [0.717, 1.165) is 5.56 Å². The van der Waals surface area contributed by atoms with Crippen LogP contribution in [0.1, 0.15) is 11.1 Å². The van der Waals surface area contributed by atoms with Crippen molar-refractivity contribution in [3.63, 3.8) is 0 Å². The zero-order valence-corrected chi connectivity index (χ0v) is 14.1. The standard InChI is InChI=1S/C9H10O4.C9H12O3/c1-13-8-3-2-6(4-7(8)10)5-9(11)12;1-12-9-3-2-7(4-5-10)6-8(9)11/h2-4,10H,5H2,1H3,(H,11,12);2-3,6,10-11H,4-5H2,1H3.